The molecule has 0 bridgehead atoms. The summed E-state index contributed by atoms with van der Waals surface area (Å²) in [4.78, 5) is 0. The minimum absolute atomic E-state index is 0.346. The molecule has 92 valence electrons. The van der Waals surface area contributed by atoms with Gasteiger partial charge in [-0.05, 0) is 30.3 Å². The number of hydrogen-bond donors (Lipinski definition) is 1. The summed E-state index contributed by atoms with van der Waals surface area (Å²) < 4.78 is 2.13. The molecule has 0 spiro atoms. The molecule has 0 aliphatic heterocycles. The summed E-state index contributed by atoms with van der Waals surface area (Å²) in [5, 5.41) is 8.28. The van der Waals surface area contributed by atoms with Gasteiger partial charge in [0.25, 0.3) is 0 Å². The maximum absolute atomic E-state index is 4.48. The predicted molar refractivity (Wildman–Crippen MR) is 79.3 cm³/mol. The van der Waals surface area contributed by atoms with Gasteiger partial charge in [0.05, 0.1) is 0 Å². The number of aromatic nitrogens is 2. The van der Waals surface area contributed by atoms with Crippen LogP contribution in [0.15, 0.2) is 8.68 Å². The molecular weight excluding hydrogens is 276 g/mol. The van der Waals surface area contributed by atoms with Crippen molar-refractivity contribution in [3.8, 4) is 0 Å². The lowest BCUT2D eigenvalue weighted by Crippen LogP contribution is -2.24. The van der Waals surface area contributed by atoms with Crippen LogP contribution in [0.3, 0.4) is 0 Å². The minimum atomic E-state index is 0.346. The molecule has 16 heavy (non-hydrogen) atoms. The molecule has 0 saturated carbocycles. The van der Waals surface area contributed by atoms with Gasteiger partial charge in [-0.25, -0.2) is 0 Å². The Morgan fingerprint density at radius 2 is 1.88 bits per heavy atom. The van der Waals surface area contributed by atoms with E-state index in [9.17, 15) is 0 Å². The number of hydrogen-bond acceptors (Lipinski definition) is 6. The Morgan fingerprint density at radius 1 is 1.25 bits per heavy atom. The Labute approximate surface area is 116 Å². The molecule has 6 heteroatoms. The number of thioether (sulfide) groups is 2. The molecule has 0 saturated heterocycles. The average molecular weight is 295 g/mol. The monoisotopic (exact) mass is 294 g/mol. The smallest absolute Gasteiger partial charge is 0.175 e. The van der Waals surface area contributed by atoms with Gasteiger partial charge in [0.2, 0.25) is 0 Å². The second-order valence-corrected chi connectivity index (χ2v) is 7.26. The molecule has 1 aromatic heterocycles. The van der Waals surface area contributed by atoms with Crippen molar-refractivity contribution in [3.05, 3.63) is 0 Å². The lowest BCUT2D eigenvalue weighted by atomic mass is 9.87. The second-order valence-electron chi connectivity index (χ2n) is 3.69. The number of rotatable bonds is 7. The normalized spacial score (nSPS) is 12.0. The van der Waals surface area contributed by atoms with Gasteiger partial charge < -0.3 is 0 Å². The van der Waals surface area contributed by atoms with Gasteiger partial charge >= 0.3 is 0 Å². The fourth-order valence-corrected chi connectivity index (χ4v) is 4.84. The van der Waals surface area contributed by atoms with Crippen molar-refractivity contribution in [1.29, 1.82) is 0 Å². The Morgan fingerprint density at radius 3 is 2.31 bits per heavy atom. The molecule has 0 fully saturated rings. The third-order valence-corrected chi connectivity index (χ3v) is 6.95. The van der Waals surface area contributed by atoms with Gasteiger partial charge in [-0.1, -0.05) is 48.7 Å². The molecular formula is C10H18N2S4. The molecule has 0 N–H and O–H groups in total. The van der Waals surface area contributed by atoms with Crippen LogP contribution in [0.1, 0.15) is 26.7 Å². The first-order valence-electron chi connectivity index (χ1n) is 5.31. The first-order chi connectivity index (χ1) is 7.69. The van der Waals surface area contributed by atoms with Crippen LogP contribution < -0.4 is 0 Å². The molecule has 1 heterocycles. The van der Waals surface area contributed by atoms with Gasteiger partial charge in [0, 0.05) is 5.75 Å². The molecule has 0 aliphatic rings. The minimum Gasteiger partial charge on any atom is -0.179 e. The highest BCUT2D eigenvalue weighted by Gasteiger charge is 2.25. The Balaban J connectivity index is 2.55. The fraction of sp³-hybridized carbons (Fsp3) is 0.800. The summed E-state index contributed by atoms with van der Waals surface area (Å²) in [5.41, 5.74) is 0.346. The highest BCUT2D eigenvalue weighted by atomic mass is 32.2. The van der Waals surface area contributed by atoms with Crippen LogP contribution in [0.25, 0.3) is 0 Å². The van der Waals surface area contributed by atoms with Crippen LogP contribution in [0.5, 0.6) is 0 Å². The number of thiol groups is 1. The van der Waals surface area contributed by atoms with E-state index in [1.807, 2.05) is 18.0 Å². The summed E-state index contributed by atoms with van der Waals surface area (Å²) in [6.45, 7) is 4.49. The molecule has 0 aromatic carbocycles. The van der Waals surface area contributed by atoms with E-state index < -0.39 is 0 Å². The van der Waals surface area contributed by atoms with E-state index >= 15 is 0 Å². The molecule has 0 aliphatic carbocycles. The first-order valence-corrected chi connectivity index (χ1v) is 8.96. The highest BCUT2D eigenvalue weighted by Crippen LogP contribution is 2.36. The van der Waals surface area contributed by atoms with Crippen molar-refractivity contribution < 1.29 is 0 Å². The molecule has 0 atom stereocenters. The molecule has 0 amide bonds. The predicted octanol–water partition coefficient (Wildman–Crippen LogP) is 4.09. The first kappa shape index (κ1) is 14.7. The Kier molecular flexibility index (Phi) is 6.54. The zero-order valence-electron chi connectivity index (χ0n) is 9.89. The maximum atomic E-state index is 4.48. The third-order valence-electron chi connectivity index (χ3n) is 2.90. The Bertz CT molecular complexity index is 301. The van der Waals surface area contributed by atoms with Crippen LogP contribution in [0.2, 0.25) is 0 Å². The zero-order valence-corrected chi connectivity index (χ0v) is 13.2. The zero-order chi connectivity index (χ0) is 12.0. The van der Waals surface area contributed by atoms with E-state index in [4.69, 9.17) is 0 Å². The van der Waals surface area contributed by atoms with Crippen LogP contribution in [0, 0.1) is 5.41 Å². The molecule has 1 aromatic rings. The topological polar surface area (TPSA) is 25.8 Å². The van der Waals surface area contributed by atoms with Crippen molar-refractivity contribution in [2.24, 2.45) is 5.41 Å². The summed E-state index contributed by atoms with van der Waals surface area (Å²) in [5.74, 6) is 2.04. The summed E-state index contributed by atoms with van der Waals surface area (Å²) in [7, 11) is 0. The van der Waals surface area contributed by atoms with Gasteiger partial charge in [0.1, 0.15) is 0 Å². The summed E-state index contributed by atoms with van der Waals surface area (Å²) in [6.07, 6.45) is 4.38. The molecule has 0 unspecified atom stereocenters. The van der Waals surface area contributed by atoms with E-state index in [0.717, 1.165) is 20.2 Å². The van der Waals surface area contributed by atoms with Gasteiger partial charge in [-0.15, -0.1) is 10.2 Å². The standard InChI is InChI=1S/C10H18N2S4/c1-4-10(5-2,6-13)7-15-9-12-11-8(14-3)16-9/h13H,4-7H2,1-3H3. The second kappa shape index (κ2) is 7.13. The van der Waals surface area contributed by atoms with E-state index in [1.54, 1.807) is 23.1 Å². The van der Waals surface area contributed by atoms with Crippen molar-refractivity contribution in [2.75, 3.05) is 17.8 Å². The van der Waals surface area contributed by atoms with Gasteiger partial charge in [-0.3, -0.25) is 0 Å². The molecule has 2 nitrogen and oxygen atoms in total. The number of nitrogens with zero attached hydrogens (tertiary/aromatic N) is 2. The van der Waals surface area contributed by atoms with Crippen molar-refractivity contribution in [3.63, 3.8) is 0 Å². The largest absolute Gasteiger partial charge is 0.179 e. The SMILES string of the molecule is CCC(CC)(CS)CSc1nnc(SC)s1. The van der Waals surface area contributed by atoms with Gasteiger partial charge in [-0.2, -0.15) is 12.6 Å². The van der Waals surface area contributed by atoms with E-state index in [0.29, 0.717) is 5.41 Å². The van der Waals surface area contributed by atoms with Crippen molar-refractivity contribution in [2.45, 2.75) is 35.4 Å². The van der Waals surface area contributed by atoms with Gasteiger partial charge in [0.15, 0.2) is 8.68 Å². The Hall–Kier alpha value is 0.610. The summed E-state index contributed by atoms with van der Waals surface area (Å²) in [6, 6.07) is 0. The maximum Gasteiger partial charge on any atom is 0.175 e. The van der Waals surface area contributed by atoms with Crippen LogP contribution in [-0.2, 0) is 0 Å². The molecule has 1 rings (SSSR count). The quantitative estimate of drug-likeness (QED) is 0.605. The van der Waals surface area contributed by atoms with E-state index in [-0.39, 0.29) is 0 Å². The lowest BCUT2D eigenvalue weighted by Gasteiger charge is -2.28. The average Bonchev–Trinajstić information content (AvgIpc) is 2.80. The fourth-order valence-electron chi connectivity index (χ4n) is 1.28. The highest BCUT2D eigenvalue weighted by molar-refractivity contribution is 8.03. The van der Waals surface area contributed by atoms with E-state index in [2.05, 4.69) is 36.7 Å². The third kappa shape index (κ3) is 3.82. The van der Waals surface area contributed by atoms with E-state index in [1.165, 1.54) is 12.8 Å². The van der Waals surface area contributed by atoms with Crippen LogP contribution >= 0.6 is 47.5 Å². The summed E-state index contributed by atoms with van der Waals surface area (Å²) >= 11 is 9.64. The van der Waals surface area contributed by atoms with Crippen LogP contribution in [-0.4, -0.2) is 28.0 Å². The molecule has 0 radical (unpaired) electrons. The van der Waals surface area contributed by atoms with Crippen molar-refractivity contribution in [1.82, 2.24) is 10.2 Å². The van der Waals surface area contributed by atoms with Crippen molar-refractivity contribution >= 4 is 47.5 Å². The lowest BCUT2D eigenvalue weighted by molar-refractivity contribution is 0.357. The van der Waals surface area contributed by atoms with Crippen LogP contribution in [0.4, 0.5) is 0 Å².